The van der Waals surface area contributed by atoms with E-state index in [9.17, 15) is 4.79 Å². The fourth-order valence-electron chi connectivity index (χ4n) is 1.85. The number of rotatable bonds is 2. The van der Waals surface area contributed by atoms with Crippen LogP contribution in [-0.4, -0.2) is 22.9 Å². The average molecular weight is 237 g/mol. The minimum Gasteiger partial charge on any atom is -0.481 e. The zero-order valence-corrected chi connectivity index (χ0v) is 10.2. The van der Waals surface area contributed by atoms with E-state index >= 15 is 0 Å². The lowest BCUT2D eigenvalue weighted by atomic mass is 10.1. The number of thioether (sulfide) groups is 1. The predicted octanol–water partition coefficient (Wildman–Crippen LogP) is 2.66. The number of aryl methyl sites for hydroxylation is 1. The Morgan fingerprint density at radius 1 is 1.56 bits per heavy atom. The van der Waals surface area contributed by atoms with E-state index in [0.717, 1.165) is 11.4 Å². The number of carboxylic acid groups (broad SMARTS) is 1. The van der Waals surface area contributed by atoms with Crippen LogP contribution in [0.3, 0.4) is 0 Å². The number of anilines is 1. The molecule has 1 aliphatic heterocycles. The second kappa shape index (κ2) is 4.37. The van der Waals surface area contributed by atoms with Gasteiger partial charge in [0.2, 0.25) is 0 Å². The van der Waals surface area contributed by atoms with E-state index in [0.29, 0.717) is 0 Å². The van der Waals surface area contributed by atoms with E-state index in [4.69, 9.17) is 5.11 Å². The average Bonchev–Trinajstić information content (AvgIpc) is 2.23. The molecule has 16 heavy (non-hydrogen) atoms. The van der Waals surface area contributed by atoms with E-state index in [1.54, 1.807) is 11.8 Å². The van der Waals surface area contributed by atoms with Crippen LogP contribution in [0.1, 0.15) is 17.5 Å². The molecular weight excluding hydrogens is 222 g/mol. The first-order valence-corrected chi connectivity index (χ1v) is 6.28. The smallest absolute Gasteiger partial charge is 0.305 e. The molecule has 0 bridgehead atoms. The van der Waals surface area contributed by atoms with Gasteiger partial charge in [0.05, 0.1) is 12.1 Å². The van der Waals surface area contributed by atoms with Crippen molar-refractivity contribution in [3.8, 4) is 0 Å². The topological polar surface area (TPSA) is 49.3 Å². The summed E-state index contributed by atoms with van der Waals surface area (Å²) in [5, 5.41) is 12.1. The number of fused-ring (bicyclic) bond motifs is 1. The highest BCUT2D eigenvalue weighted by Gasteiger charge is 2.22. The summed E-state index contributed by atoms with van der Waals surface area (Å²) < 4.78 is 0. The van der Waals surface area contributed by atoms with E-state index in [-0.39, 0.29) is 12.5 Å². The van der Waals surface area contributed by atoms with Gasteiger partial charge in [-0.25, -0.2) is 0 Å². The molecule has 0 spiro atoms. The Kier molecular flexibility index (Phi) is 3.10. The van der Waals surface area contributed by atoms with Crippen LogP contribution in [0.25, 0.3) is 0 Å². The lowest BCUT2D eigenvalue weighted by molar-refractivity contribution is -0.137. The van der Waals surface area contributed by atoms with Crippen LogP contribution >= 0.6 is 11.8 Å². The summed E-state index contributed by atoms with van der Waals surface area (Å²) in [5.41, 5.74) is 3.57. The Morgan fingerprint density at radius 2 is 2.31 bits per heavy atom. The van der Waals surface area contributed by atoms with Crippen molar-refractivity contribution in [2.24, 2.45) is 0 Å². The lowest BCUT2D eigenvalue weighted by Crippen LogP contribution is -2.29. The molecule has 0 amide bonds. The van der Waals surface area contributed by atoms with E-state index < -0.39 is 5.97 Å². The van der Waals surface area contributed by atoms with Gasteiger partial charge in [0.15, 0.2) is 0 Å². The molecule has 1 atom stereocenters. The van der Waals surface area contributed by atoms with Gasteiger partial charge in [-0.3, -0.25) is 4.79 Å². The molecule has 2 rings (SSSR count). The number of aliphatic carboxylic acids is 1. The van der Waals surface area contributed by atoms with Crippen LogP contribution in [0.15, 0.2) is 17.0 Å². The number of nitrogens with one attached hydrogen (secondary N) is 1. The zero-order valence-electron chi connectivity index (χ0n) is 9.41. The molecule has 0 fully saturated rings. The minimum absolute atomic E-state index is 0.0375. The molecule has 0 aliphatic carbocycles. The Hall–Kier alpha value is -1.16. The van der Waals surface area contributed by atoms with Crippen molar-refractivity contribution in [2.75, 3.05) is 11.1 Å². The second-order valence-corrected chi connectivity index (χ2v) is 5.19. The maximum absolute atomic E-state index is 10.7. The van der Waals surface area contributed by atoms with Crippen molar-refractivity contribution in [3.05, 3.63) is 23.3 Å². The van der Waals surface area contributed by atoms with Crippen molar-refractivity contribution in [1.82, 2.24) is 0 Å². The van der Waals surface area contributed by atoms with Gasteiger partial charge < -0.3 is 10.4 Å². The number of hydrogen-bond donors (Lipinski definition) is 2. The minimum atomic E-state index is -0.744. The molecule has 2 N–H and O–H groups in total. The summed E-state index contributed by atoms with van der Waals surface area (Å²) in [6.45, 7) is 4.15. The Bertz CT molecular complexity index is 431. The van der Waals surface area contributed by atoms with Crippen LogP contribution in [0, 0.1) is 13.8 Å². The highest BCUT2D eigenvalue weighted by Crippen LogP contribution is 2.37. The first-order valence-electron chi connectivity index (χ1n) is 5.29. The lowest BCUT2D eigenvalue weighted by Gasteiger charge is -2.27. The maximum Gasteiger partial charge on any atom is 0.305 e. The van der Waals surface area contributed by atoms with Crippen molar-refractivity contribution in [1.29, 1.82) is 0 Å². The van der Waals surface area contributed by atoms with Crippen LogP contribution in [-0.2, 0) is 4.79 Å². The normalized spacial score (nSPS) is 18.8. The molecular formula is C12H15NO2S. The van der Waals surface area contributed by atoms with Gasteiger partial charge in [0.25, 0.3) is 0 Å². The zero-order chi connectivity index (χ0) is 11.7. The van der Waals surface area contributed by atoms with Gasteiger partial charge in [-0.1, -0.05) is 6.07 Å². The third-order valence-electron chi connectivity index (χ3n) is 2.91. The van der Waals surface area contributed by atoms with Crippen LogP contribution in [0.2, 0.25) is 0 Å². The molecule has 3 nitrogen and oxygen atoms in total. The quantitative estimate of drug-likeness (QED) is 0.830. The molecule has 0 saturated heterocycles. The van der Waals surface area contributed by atoms with Gasteiger partial charge >= 0.3 is 5.97 Å². The standard InChI is InChI=1S/C12H15NO2S/c1-7-3-4-10-12(8(7)2)13-9(6-16-10)5-11(14)15/h3-4,9,13H,5-6H2,1-2H3,(H,14,15). The summed E-state index contributed by atoms with van der Waals surface area (Å²) >= 11 is 1.74. The Balaban J connectivity index is 2.25. The third-order valence-corrected chi connectivity index (χ3v) is 4.13. The molecule has 1 aromatic carbocycles. The molecule has 86 valence electrons. The van der Waals surface area contributed by atoms with Crippen molar-refractivity contribution < 1.29 is 9.90 Å². The summed E-state index contributed by atoms with van der Waals surface area (Å²) in [4.78, 5) is 11.9. The molecule has 0 aromatic heterocycles. The summed E-state index contributed by atoms with van der Waals surface area (Å²) in [6, 6.07) is 4.25. The molecule has 1 aliphatic rings. The number of carbonyl (C=O) groups is 1. The molecule has 0 saturated carbocycles. The monoisotopic (exact) mass is 237 g/mol. The number of hydrogen-bond acceptors (Lipinski definition) is 3. The van der Waals surface area contributed by atoms with Gasteiger partial charge in [0.1, 0.15) is 0 Å². The summed E-state index contributed by atoms with van der Waals surface area (Å²) in [6.07, 6.45) is 0.180. The highest BCUT2D eigenvalue weighted by molar-refractivity contribution is 7.99. The van der Waals surface area contributed by atoms with Gasteiger partial charge in [-0.2, -0.15) is 0 Å². The molecule has 4 heteroatoms. The first-order chi connectivity index (χ1) is 7.58. The fourth-order valence-corrected chi connectivity index (χ4v) is 2.95. The van der Waals surface area contributed by atoms with Gasteiger partial charge in [-0.15, -0.1) is 11.8 Å². The van der Waals surface area contributed by atoms with Crippen molar-refractivity contribution in [3.63, 3.8) is 0 Å². The van der Waals surface area contributed by atoms with Crippen LogP contribution in [0.4, 0.5) is 5.69 Å². The van der Waals surface area contributed by atoms with Gasteiger partial charge in [-0.05, 0) is 31.0 Å². The molecule has 1 heterocycles. The SMILES string of the molecule is Cc1ccc2c(c1C)NC(CC(=O)O)CS2. The van der Waals surface area contributed by atoms with Crippen LogP contribution in [0.5, 0.6) is 0 Å². The van der Waals surface area contributed by atoms with Crippen molar-refractivity contribution in [2.45, 2.75) is 31.2 Å². The number of benzene rings is 1. The first kappa shape index (κ1) is 11.3. The fraction of sp³-hybridized carbons (Fsp3) is 0.417. The summed E-state index contributed by atoms with van der Waals surface area (Å²) in [7, 11) is 0. The third kappa shape index (κ3) is 2.16. The Morgan fingerprint density at radius 3 is 3.00 bits per heavy atom. The van der Waals surface area contributed by atoms with E-state index in [2.05, 4.69) is 31.3 Å². The van der Waals surface area contributed by atoms with E-state index in [1.165, 1.54) is 16.0 Å². The largest absolute Gasteiger partial charge is 0.481 e. The van der Waals surface area contributed by atoms with E-state index in [1.807, 2.05) is 0 Å². The van der Waals surface area contributed by atoms with Gasteiger partial charge in [0, 0.05) is 16.7 Å². The highest BCUT2D eigenvalue weighted by atomic mass is 32.2. The molecule has 1 aromatic rings. The number of carboxylic acids is 1. The van der Waals surface area contributed by atoms with Crippen molar-refractivity contribution >= 4 is 23.4 Å². The molecule has 0 radical (unpaired) electrons. The van der Waals surface area contributed by atoms with Crippen LogP contribution < -0.4 is 5.32 Å². The second-order valence-electron chi connectivity index (χ2n) is 4.13. The predicted molar refractivity (Wildman–Crippen MR) is 66.3 cm³/mol. The molecule has 1 unspecified atom stereocenters. The summed E-state index contributed by atoms with van der Waals surface area (Å²) in [5.74, 6) is 0.0776. The Labute approximate surface area is 99.2 Å². The maximum atomic E-state index is 10.7.